The molecule has 2 aliphatic rings. The zero-order valence-corrected chi connectivity index (χ0v) is 31.1. The minimum atomic E-state index is -0.858. The van der Waals surface area contributed by atoms with Crippen LogP contribution in [-0.4, -0.2) is 0 Å². The minimum absolute atomic E-state index is 0.128. The summed E-state index contributed by atoms with van der Waals surface area (Å²) in [6.45, 7) is 8.95. The molecule has 0 amide bonds. The maximum Gasteiger partial charge on any atom is 0.159 e. The zero-order chi connectivity index (χ0) is 35.2. The number of rotatable bonds is 20. The van der Waals surface area contributed by atoms with Gasteiger partial charge in [-0.1, -0.05) is 130 Å². The fourth-order valence-electron chi connectivity index (χ4n) is 9.55. The summed E-state index contributed by atoms with van der Waals surface area (Å²) in [5, 5.41) is 0. The first-order chi connectivity index (χ1) is 23.8. The Balaban J connectivity index is 1.79. The van der Waals surface area contributed by atoms with Crippen LogP contribution in [0.5, 0.6) is 0 Å². The van der Waals surface area contributed by atoms with Crippen LogP contribution in [0.25, 0.3) is 0 Å². The highest BCUT2D eigenvalue weighted by Crippen LogP contribution is 2.50. The summed E-state index contributed by atoms with van der Waals surface area (Å²) in [7, 11) is 0. The highest BCUT2D eigenvalue weighted by Gasteiger charge is 2.40. The molecular weight excluding hydrogens is 620 g/mol. The number of unbranched alkanes of at least 4 members (excludes halogenated alkanes) is 4. The number of ether oxygens (including phenoxy) is 1. The molecule has 0 N–H and O–H groups in total. The molecule has 0 spiro atoms. The maximum atomic E-state index is 15.1. The average Bonchev–Trinajstić information content (AvgIpc) is 3.10. The van der Waals surface area contributed by atoms with Crippen molar-refractivity contribution in [3.8, 4) is 0 Å². The monoisotopic (exact) mass is 687 g/mol. The van der Waals surface area contributed by atoms with Crippen molar-refractivity contribution in [1.29, 1.82) is 0 Å². The minimum Gasteiger partial charge on any atom is -0.365 e. The number of hydrogen-bond acceptors (Lipinski definition) is 1. The second-order valence-electron chi connectivity index (χ2n) is 15.8. The van der Waals surface area contributed by atoms with E-state index in [0.29, 0.717) is 23.0 Å². The van der Waals surface area contributed by atoms with E-state index in [0.717, 1.165) is 88.9 Å². The Morgan fingerprint density at radius 3 is 1.22 bits per heavy atom. The third-order valence-electron chi connectivity index (χ3n) is 12.3. The van der Waals surface area contributed by atoms with Crippen molar-refractivity contribution in [2.75, 3.05) is 0 Å². The highest BCUT2D eigenvalue weighted by molar-refractivity contribution is 5.24. The van der Waals surface area contributed by atoms with Crippen molar-refractivity contribution < 1.29 is 22.3 Å². The van der Waals surface area contributed by atoms with E-state index in [1.807, 2.05) is 0 Å². The van der Waals surface area contributed by atoms with Gasteiger partial charge in [0.2, 0.25) is 0 Å². The van der Waals surface area contributed by atoms with E-state index >= 15 is 8.78 Å². The molecule has 2 aromatic rings. The summed E-state index contributed by atoms with van der Waals surface area (Å²) >= 11 is 0. The van der Waals surface area contributed by atoms with Crippen molar-refractivity contribution in [2.24, 2.45) is 35.5 Å². The van der Waals surface area contributed by atoms with Crippen LogP contribution >= 0.6 is 0 Å². The van der Waals surface area contributed by atoms with Gasteiger partial charge in [0.15, 0.2) is 23.3 Å². The molecule has 0 heterocycles. The summed E-state index contributed by atoms with van der Waals surface area (Å²) in [5.41, 5.74) is 1.34. The van der Waals surface area contributed by atoms with Gasteiger partial charge in [-0.2, -0.15) is 0 Å². The van der Waals surface area contributed by atoms with Crippen LogP contribution in [-0.2, 0) is 4.74 Å². The number of hydrogen-bond donors (Lipinski definition) is 0. The molecule has 2 aromatic carbocycles. The van der Waals surface area contributed by atoms with Gasteiger partial charge in [-0.15, -0.1) is 0 Å². The lowest BCUT2D eigenvalue weighted by atomic mass is 9.69. The molecule has 0 aliphatic heterocycles. The van der Waals surface area contributed by atoms with Crippen LogP contribution in [0.2, 0.25) is 0 Å². The van der Waals surface area contributed by atoms with E-state index in [1.165, 1.54) is 75.6 Å². The molecule has 2 aliphatic carbocycles. The van der Waals surface area contributed by atoms with Crippen LogP contribution in [0.15, 0.2) is 36.4 Å². The zero-order valence-electron chi connectivity index (χ0n) is 31.1. The van der Waals surface area contributed by atoms with Gasteiger partial charge in [-0.05, 0) is 109 Å². The Morgan fingerprint density at radius 2 is 0.898 bits per heavy atom. The molecule has 1 nitrogen and oxygen atoms in total. The topological polar surface area (TPSA) is 9.23 Å². The van der Waals surface area contributed by atoms with Gasteiger partial charge >= 0.3 is 0 Å². The first-order valence-electron chi connectivity index (χ1n) is 20.3. The van der Waals surface area contributed by atoms with Crippen LogP contribution in [0.4, 0.5) is 17.6 Å². The van der Waals surface area contributed by atoms with Gasteiger partial charge in [-0.3, -0.25) is 0 Å². The Bertz CT molecular complexity index is 1120. The second-order valence-corrected chi connectivity index (χ2v) is 15.8. The van der Waals surface area contributed by atoms with Crippen molar-refractivity contribution in [2.45, 2.75) is 168 Å². The third kappa shape index (κ3) is 11.6. The Kier molecular flexibility index (Phi) is 17.0. The van der Waals surface area contributed by atoms with E-state index in [4.69, 9.17) is 4.74 Å². The van der Waals surface area contributed by atoms with Crippen LogP contribution in [0.3, 0.4) is 0 Å². The number of halogens is 4. The molecule has 2 saturated carbocycles. The smallest absolute Gasteiger partial charge is 0.159 e. The molecule has 0 bridgehead atoms. The van der Waals surface area contributed by atoms with Crippen LogP contribution < -0.4 is 0 Å². The lowest BCUT2D eigenvalue weighted by Gasteiger charge is -2.43. The summed E-state index contributed by atoms with van der Waals surface area (Å²) in [6, 6.07) is 8.59. The van der Waals surface area contributed by atoms with Crippen molar-refractivity contribution in [3.63, 3.8) is 0 Å². The first kappa shape index (κ1) is 39.9. The molecule has 276 valence electrons. The van der Waals surface area contributed by atoms with Crippen molar-refractivity contribution >= 4 is 0 Å². The quantitative estimate of drug-likeness (QED) is 0.0995. The van der Waals surface area contributed by atoms with Gasteiger partial charge in [0.25, 0.3) is 0 Å². The Morgan fingerprint density at radius 1 is 0.510 bits per heavy atom. The molecule has 0 aromatic heterocycles. The van der Waals surface area contributed by atoms with E-state index in [2.05, 4.69) is 27.7 Å². The Labute approximate surface area is 296 Å². The Hall–Kier alpha value is -1.88. The highest BCUT2D eigenvalue weighted by atomic mass is 19.2. The van der Waals surface area contributed by atoms with E-state index in [-0.39, 0.29) is 11.8 Å². The maximum absolute atomic E-state index is 15.1. The molecule has 4 atom stereocenters. The normalized spacial score (nSPS) is 24.0. The van der Waals surface area contributed by atoms with Gasteiger partial charge in [-0.25, -0.2) is 17.6 Å². The molecule has 5 heteroatoms. The van der Waals surface area contributed by atoms with Gasteiger partial charge in [0.1, 0.15) is 0 Å². The standard InChI is InChI=1S/C44H66F4O/c1-5-9-11-15-37(33-21-17-31(13-7-3)18-22-33)43(35-25-27-39(45)41(47)29-35)49-44(36-26-28-40(46)42(48)30-36)38(16-12-10-6-2)34-23-19-32(14-8-4)20-24-34/h25-34,37-38,43-44H,5-24H2,1-4H3. The summed E-state index contributed by atoms with van der Waals surface area (Å²) in [4.78, 5) is 0. The predicted octanol–water partition coefficient (Wildman–Crippen LogP) is 14.6. The molecule has 4 unspecified atom stereocenters. The molecule has 0 saturated heterocycles. The lowest BCUT2D eigenvalue weighted by Crippen LogP contribution is -2.33. The molecule has 49 heavy (non-hydrogen) atoms. The van der Waals surface area contributed by atoms with E-state index in [9.17, 15) is 8.78 Å². The summed E-state index contributed by atoms with van der Waals surface area (Å²) < 4.78 is 66.5. The van der Waals surface area contributed by atoms with Gasteiger partial charge < -0.3 is 4.74 Å². The summed E-state index contributed by atoms with van der Waals surface area (Å²) in [6.07, 6.45) is 21.6. The third-order valence-corrected chi connectivity index (χ3v) is 12.3. The van der Waals surface area contributed by atoms with E-state index in [1.54, 1.807) is 12.1 Å². The lowest BCUT2D eigenvalue weighted by molar-refractivity contribution is -0.107. The van der Waals surface area contributed by atoms with Gasteiger partial charge in [0, 0.05) is 0 Å². The fourth-order valence-corrected chi connectivity index (χ4v) is 9.55. The molecule has 4 rings (SSSR count). The first-order valence-corrected chi connectivity index (χ1v) is 20.3. The van der Waals surface area contributed by atoms with Crippen LogP contribution in [0.1, 0.15) is 179 Å². The predicted molar refractivity (Wildman–Crippen MR) is 195 cm³/mol. The SMILES string of the molecule is CCCCCC(C1CCC(CCC)CC1)C(OC(c1ccc(F)c(F)c1)C(CCCCC)C1CCC(CCC)CC1)c1ccc(F)c(F)c1. The molecule has 0 radical (unpaired) electrons. The molecule has 2 fully saturated rings. The number of benzene rings is 2. The fraction of sp³-hybridized carbons (Fsp3) is 0.727. The average molecular weight is 687 g/mol. The largest absolute Gasteiger partial charge is 0.365 e. The summed E-state index contributed by atoms with van der Waals surface area (Å²) in [5.74, 6) is -0.847. The van der Waals surface area contributed by atoms with Crippen LogP contribution in [0, 0.1) is 58.8 Å². The second kappa shape index (κ2) is 20.8. The van der Waals surface area contributed by atoms with Crippen molar-refractivity contribution in [3.05, 3.63) is 70.8 Å². The van der Waals surface area contributed by atoms with E-state index < -0.39 is 35.5 Å². The van der Waals surface area contributed by atoms with Gasteiger partial charge in [0.05, 0.1) is 12.2 Å². The molecular formula is C44H66F4O. The van der Waals surface area contributed by atoms with Crippen molar-refractivity contribution in [1.82, 2.24) is 0 Å².